The van der Waals surface area contributed by atoms with Gasteiger partial charge in [-0.1, -0.05) is 6.92 Å². The molecule has 7 heteroatoms. The highest BCUT2D eigenvalue weighted by Crippen LogP contribution is 2.08. The molecule has 0 amide bonds. The molecule has 1 saturated heterocycles. The predicted octanol–water partition coefficient (Wildman–Crippen LogP) is -0.347. The van der Waals surface area contributed by atoms with Crippen LogP contribution in [-0.2, 0) is 22.5 Å². The van der Waals surface area contributed by atoms with E-state index in [1.165, 1.54) is 0 Å². The van der Waals surface area contributed by atoms with Crippen LogP contribution >= 0.6 is 0 Å². The molecule has 1 aliphatic heterocycles. The second-order valence-corrected chi connectivity index (χ2v) is 3.98. The van der Waals surface area contributed by atoms with Crippen LogP contribution in [0, 0.1) is 0 Å². The highest BCUT2D eigenvalue weighted by molar-refractivity contribution is 5.72. The zero-order chi connectivity index (χ0) is 12.3. The van der Waals surface area contributed by atoms with Gasteiger partial charge in [-0.2, -0.15) is 5.10 Å². The number of carboxylic acid groups (broad SMARTS) is 1. The Morgan fingerprint density at radius 3 is 3.18 bits per heavy atom. The Morgan fingerprint density at radius 2 is 2.53 bits per heavy atom. The number of aryl methyl sites for hydroxylation is 1. The first kappa shape index (κ1) is 12.0. The maximum Gasteiger partial charge on any atom is 0.334 e. The van der Waals surface area contributed by atoms with Crippen LogP contribution in [-0.4, -0.2) is 57.0 Å². The number of ether oxygens (including phenoxy) is 1. The minimum absolute atomic E-state index is 0.386. The SMILES string of the molecule is CCc1n[nH]c(CN2CCOC(C(=O)O)C2)n1. The van der Waals surface area contributed by atoms with Gasteiger partial charge in [0.25, 0.3) is 0 Å². The standard InChI is InChI=1S/C10H16N4O3/c1-2-8-11-9(13-12-8)6-14-3-4-17-7(5-14)10(15)16/h7H,2-6H2,1H3,(H,15,16)(H,11,12,13). The number of aromatic amines is 1. The molecule has 1 aromatic rings. The molecule has 2 heterocycles. The van der Waals surface area contributed by atoms with E-state index in [0.29, 0.717) is 26.2 Å². The van der Waals surface area contributed by atoms with E-state index in [4.69, 9.17) is 9.84 Å². The molecular weight excluding hydrogens is 224 g/mol. The molecule has 1 aliphatic rings. The number of hydrogen-bond donors (Lipinski definition) is 2. The van der Waals surface area contributed by atoms with E-state index in [-0.39, 0.29) is 0 Å². The van der Waals surface area contributed by atoms with Gasteiger partial charge in [0.2, 0.25) is 0 Å². The van der Waals surface area contributed by atoms with Crippen molar-refractivity contribution in [2.45, 2.75) is 26.0 Å². The molecule has 0 spiro atoms. The van der Waals surface area contributed by atoms with Crippen molar-refractivity contribution in [3.8, 4) is 0 Å². The lowest BCUT2D eigenvalue weighted by Crippen LogP contribution is -2.45. The van der Waals surface area contributed by atoms with Gasteiger partial charge in [-0.05, 0) is 0 Å². The lowest BCUT2D eigenvalue weighted by atomic mass is 10.2. The normalized spacial score (nSPS) is 21.6. The number of hydrogen-bond acceptors (Lipinski definition) is 5. The van der Waals surface area contributed by atoms with Crippen LogP contribution in [0.3, 0.4) is 0 Å². The number of H-pyrrole nitrogens is 1. The molecular formula is C10H16N4O3. The lowest BCUT2D eigenvalue weighted by Gasteiger charge is -2.29. The molecule has 2 rings (SSSR count). The van der Waals surface area contributed by atoms with Gasteiger partial charge in [0.15, 0.2) is 6.10 Å². The summed E-state index contributed by atoms with van der Waals surface area (Å²) in [6, 6.07) is 0. The van der Waals surface area contributed by atoms with E-state index in [2.05, 4.69) is 15.2 Å². The van der Waals surface area contributed by atoms with Gasteiger partial charge < -0.3 is 9.84 Å². The fourth-order valence-electron chi connectivity index (χ4n) is 1.77. The Bertz CT molecular complexity index is 393. The molecule has 2 N–H and O–H groups in total. The summed E-state index contributed by atoms with van der Waals surface area (Å²) in [6.07, 6.45) is 0.0505. The minimum Gasteiger partial charge on any atom is -0.479 e. The van der Waals surface area contributed by atoms with Crippen LogP contribution in [0.15, 0.2) is 0 Å². The third-order valence-electron chi connectivity index (χ3n) is 2.69. The molecule has 0 bridgehead atoms. The van der Waals surface area contributed by atoms with Crippen LogP contribution in [0.4, 0.5) is 0 Å². The zero-order valence-electron chi connectivity index (χ0n) is 9.72. The quantitative estimate of drug-likeness (QED) is 0.747. The molecule has 0 saturated carbocycles. The summed E-state index contributed by atoms with van der Waals surface area (Å²) in [5.74, 6) is 0.637. The van der Waals surface area contributed by atoms with Gasteiger partial charge >= 0.3 is 5.97 Å². The van der Waals surface area contributed by atoms with Crippen molar-refractivity contribution in [3.63, 3.8) is 0 Å². The van der Waals surface area contributed by atoms with Crippen molar-refractivity contribution in [2.75, 3.05) is 19.7 Å². The van der Waals surface area contributed by atoms with Crippen molar-refractivity contribution < 1.29 is 14.6 Å². The summed E-state index contributed by atoms with van der Waals surface area (Å²) in [5, 5.41) is 15.8. The zero-order valence-corrected chi connectivity index (χ0v) is 9.72. The Kier molecular flexibility index (Phi) is 3.70. The smallest absolute Gasteiger partial charge is 0.334 e. The number of aliphatic carboxylic acids is 1. The van der Waals surface area contributed by atoms with Crippen molar-refractivity contribution in [2.24, 2.45) is 0 Å². The van der Waals surface area contributed by atoms with Gasteiger partial charge in [-0.3, -0.25) is 10.00 Å². The average molecular weight is 240 g/mol. The van der Waals surface area contributed by atoms with Gasteiger partial charge in [0.05, 0.1) is 13.2 Å². The number of morpholine rings is 1. The first-order valence-corrected chi connectivity index (χ1v) is 5.66. The Morgan fingerprint density at radius 1 is 1.71 bits per heavy atom. The summed E-state index contributed by atoms with van der Waals surface area (Å²) in [5.41, 5.74) is 0. The number of nitrogens with one attached hydrogen (secondary N) is 1. The highest BCUT2D eigenvalue weighted by Gasteiger charge is 2.26. The maximum absolute atomic E-state index is 10.8. The molecule has 1 atom stereocenters. The lowest BCUT2D eigenvalue weighted by molar-refractivity contribution is -0.156. The van der Waals surface area contributed by atoms with Crippen molar-refractivity contribution >= 4 is 5.97 Å². The van der Waals surface area contributed by atoms with Crippen LogP contribution < -0.4 is 0 Å². The first-order chi connectivity index (χ1) is 8.19. The number of carboxylic acids is 1. The molecule has 7 nitrogen and oxygen atoms in total. The van der Waals surface area contributed by atoms with Gasteiger partial charge in [0.1, 0.15) is 11.6 Å². The molecule has 1 fully saturated rings. The largest absolute Gasteiger partial charge is 0.479 e. The summed E-state index contributed by atoms with van der Waals surface area (Å²) in [6.45, 7) is 4.11. The summed E-state index contributed by atoms with van der Waals surface area (Å²) < 4.78 is 5.15. The van der Waals surface area contributed by atoms with Crippen molar-refractivity contribution in [1.29, 1.82) is 0 Å². The van der Waals surface area contributed by atoms with Crippen molar-refractivity contribution in [1.82, 2.24) is 20.1 Å². The predicted molar refractivity (Wildman–Crippen MR) is 58.4 cm³/mol. The molecule has 1 aromatic heterocycles. The number of aromatic nitrogens is 3. The van der Waals surface area contributed by atoms with Crippen LogP contribution in [0.25, 0.3) is 0 Å². The second-order valence-electron chi connectivity index (χ2n) is 3.98. The number of nitrogens with zero attached hydrogens (tertiary/aromatic N) is 3. The second kappa shape index (κ2) is 5.24. The van der Waals surface area contributed by atoms with Gasteiger partial charge in [0, 0.05) is 19.5 Å². The fourth-order valence-corrected chi connectivity index (χ4v) is 1.77. The fraction of sp³-hybridized carbons (Fsp3) is 0.700. The summed E-state index contributed by atoms with van der Waals surface area (Å²) >= 11 is 0. The van der Waals surface area contributed by atoms with Crippen molar-refractivity contribution in [3.05, 3.63) is 11.6 Å². The number of carbonyl (C=O) groups is 1. The summed E-state index contributed by atoms with van der Waals surface area (Å²) in [7, 11) is 0. The maximum atomic E-state index is 10.8. The van der Waals surface area contributed by atoms with E-state index in [0.717, 1.165) is 18.1 Å². The molecule has 17 heavy (non-hydrogen) atoms. The number of rotatable bonds is 4. The molecule has 0 aliphatic carbocycles. The Labute approximate surface area is 98.8 Å². The van der Waals surface area contributed by atoms with E-state index < -0.39 is 12.1 Å². The van der Waals surface area contributed by atoms with Crippen LogP contribution in [0.5, 0.6) is 0 Å². The Balaban J connectivity index is 1.92. The van der Waals surface area contributed by atoms with Gasteiger partial charge in [-0.15, -0.1) is 0 Å². The summed E-state index contributed by atoms with van der Waals surface area (Å²) in [4.78, 5) is 17.1. The minimum atomic E-state index is -0.915. The third kappa shape index (κ3) is 3.01. The molecule has 1 unspecified atom stereocenters. The molecule has 94 valence electrons. The topological polar surface area (TPSA) is 91.3 Å². The average Bonchev–Trinajstić information content (AvgIpc) is 2.77. The third-order valence-corrected chi connectivity index (χ3v) is 2.69. The van der Waals surface area contributed by atoms with Gasteiger partial charge in [-0.25, -0.2) is 9.78 Å². The van der Waals surface area contributed by atoms with Crippen LogP contribution in [0.2, 0.25) is 0 Å². The van der Waals surface area contributed by atoms with E-state index >= 15 is 0 Å². The highest BCUT2D eigenvalue weighted by atomic mass is 16.5. The first-order valence-electron chi connectivity index (χ1n) is 5.66. The molecule has 0 radical (unpaired) electrons. The van der Waals surface area contributed by atoms with E-state index in [1.54, 1.807) is 0 Å². The van der Waals surface area contributed by atoms with E-state index in [9.17, 15) is 4.79 Å². The Hall–Kier alpha value is -1.47. The van der Waals surface area contributed by atoms with E-state index in [1.807, 2.05) is 11.8 Å². The molecule has 0 aromatic carbocycles. The monoisotopic (exact) mass is 240 g/mol. The van der Waals surface area contributed by atoms with Crippen LogP contribution in [0.1, 0.15) is 18.6 Å².